The fraction of sp³-hybridized carbons (Fsp3) is 0.263. The van der Waals surface area contributed by atoms with Crippen LogP contribution in [0.1, 0.15) is 28.8 Å². The molecule has 6 heteroatoms. The van der Waals surface area contributed by atoms with Gasteiger partial charge in [-0.1, -0.05) is 12.1 Å². The van der Waals surface area contributed by atoms with Crippen LogP contribution in [0, 0.1) is 0 Å². The molecule has 6 nitrogen and oxygen atoms in total. The van der Waals surface area contributed by atoms with Crippen molar-refractivity contribution in [1.29, 1.82) is 0 Å². The van der Waals surface area contributed by atoms with E-state index in [0.29, 0.717) is 18.2 Å². The number of rotatable bonds is 5. The zero-order chi connectivity index (χ0) is 17.2. The van der Waals surface area contributed by atoms with Gasteiger partial charge in [0.05, 0.1) is 6.20 Å². The third-order valence-electron chi connectivity index (χ3n) is 4.36. The van der Waals surface area contributed by atoms with Gasteiger partial charge in [-0.15, -0.1) is 0 Å². The molecule has 0 radical (unpaired) electrons. The first-order valence-electron chi connectivity index (χ1n) is 8.34. The summed E-state index contributed by atoms with van der Waals surface area (Å²) in [5, 5.41) is 4.20. The van der Waals surface area contributed by atoms with Crippen molar-refractivity contribution in [3.63, 3.8) is 0 Å². The van der Waals surface area contributed by atoms with E-state index >= 15 is 0 Å². The molecule has 0 N–H and O–H groups in total. The van der Waals surface area contributed by atoms with Gasteiger partial charge in [-0.05, 0) is 30.5 Å². The third-order valence-corrected chi connectivity index (χ3v) is 4.36. The molecule has 0 bridgehead atoms. The smallest absolute Gasteiger partial charge is 0.254 e. The molecule has 25 heavy (non-hydrogen) atoms. The normalized spacial score (nSPS) is 13.6. The van der Waals surface area contributed by atoms with Crippen molar-refractivity contribution < 1.29 is 4.79 Å². The molecular weight excluding hydrogens is 314 g/mol. The fourth-order valence-electron chi connectivity index (χ4n) is 2.95. The summed E-state index contributed by atoms with van der Waals surface area (Å²) in [5.41, 5.74) is 3.60. The lowest BCUT2D eigenvalue weighted by atomic mass is 10.0. The minimum Gasteiger partial charge on any atom is -0.331 e. The van der Waals surface area contributed by atoms with Crippen molar-refractivity contribution in [2.75, 3.05) is 0 Å². The minimum atomic E-state index is 0.0602. The topological polar surface area (TPSA) is 63.9 Å². The molecule has 126 valence electrons. The van der Waals surface area contributed by atoms with Crippen LogP contribution >= 0.6 is 0 Å². The van der Waals surface area contributed by atoms with Crippen molar-refractivity contribution in [3.05, 3.63) is 66.5 Å². The number of carbonyl (C=O) groups is 1. The summed E-state index contributed by atoms with van der Waals surface area (Å²) in [6.07, 6.45) is 10.9. The molecule has 1 fully saturated rings. The van der Waals surface area contributed by atoms with Gasteiger partial charge >= 0.3 is 0 Å². The SMILES string of the molecule is Cn1cc(CN(C(=O)c2cccc(-c3cncnc3)c2)C2CC2)cn1. The number of aromatic nitrogens is 4. The Labute approximate surface area is 146 Å². The zero-order valence-corrected chi connectivity index (χ0v) is 14.0. The molecule has 1 aromatic carbocycles. The lowest BCUT2D eigenvalue weighted by Gasteiger charge is -2.22. The predicted molar refractivity (Wildman–Crippen MR) is 93.6 cm³/mol. The highest BCUT2D eigenvalue weighted by atomic mass is 16.2. The van der Waals surface area contributed by atoms with Gasteiger partial charge < -0.3 is 4.90 Å². The molecule has 2 aromatic heterocycles. The molecule has 0 saturated heterocycles. The second-order valence-electron chi connectivity index (χ2n) is 6.39. The standard InChI is InChI=1S/C19H19N5O/c1-23-11-14(8-22-23)12-24(18-5-6-18)19(25)16-4-2-3-15(7-16)17-9-20-13-21-10-17/h2-4,7-11,13,18H,5-6,12H2,1H3. The second kappa shape index (κ2) is 6.47. The van der Waals surface area contributed by atoms with Crippen LogP contribution in [-0.2, 0) is 13.6 Å². The maximum atomic E-state index is 13.1. The van der Waals surface area contributed by atoms with Gasteiger partial charge in [0.25, 0.3) is 5.91 Å². The van der Waals surface area contributed by atoms with Crippen molar-refractivity contribution in [3.8, 4) is 11.1 Å². The van der Waals surface area contributed by atoms with Crippen molar-refractivity contribution in [2.24, 2.45) is 7.05 Å². The molecule has 1 amide bonds. The minimum absolute atomic E-state index is 0.0602. The monoisotopic (exact) mass is 333 g/mol. The second-order valence-corrected chi connectivity index (χ2v) is 6.39. The lowest BCUT2D eigenvalue weighted by molar-refractivity contribution is 0.0730. The summed E-state index contributed by atoms with van der Waals surface area (Å²) < 4.78 is 1.76. The van der Waals surface area contributed by atoms with Crippen LogP contribution in [-0.4, -0.2) is 36.6 Å². The Balaban J connectivity index is 1.60. The first-order valence-corrected chi connectivity index (χ1v) is 8.34. The Morgan fingerprint density at radius 2 is 2.00 bits per heavy atom. The van der Waals surface area contributed by atoms with Gasteiger partial charge in [-0.3, -0.25) is 9.48 Å². The van der Waals surface area contributed by atoms with Gasteiger partial charge in [-0.2, -0.15) is 5.10 Å². The Hall–Kier alpha value is -3.02. The van der Waals surface area contributed by atoms with Crippen molar-refractivity contribution >= 4 is 5.91 Å². The third kappa shape index (κ3) is 3.42. The maximum absolute atomic E-state index is 13.1. The van der Waals surface area contributed by atoms with Crippen LogP contribution in [0.25, 0.3) is 11.1 Å². The summed E-state index contributed by atoms with van der Waals surface area (Å²) in [6, 6.07) is 7.99. The van der Waals surface area contributed by atoms with E-state index in [2.05, 4.69) is 15.1 Å². The maximum Gasteiger partial charge on any atom is 0.254 e. The summed E-state index contributed by atoms with van der Waals surface area (Å²) in [6.45, 7) is 0.593. The lowest BCUT2D eigenvalue weighted by Crippen LogP contribution is -2.32. The quantitative estimate of drug-likeness (QED) is 0.720. The molecule has 0 unspecified atom stereocenters. The number of carbonyl (C=O) groups excluding carboxylic acids is 1. The van der Waals surface area contributed by atoms with Crippen molar-refractivity contribution in [2.45, 2.75) is 25.4 Å². The van der Waals surface area contributed by atoms with Crippen LogP contribution in [0.5, 0.6) is 0 Å². The number of hydrogen-bond donors (Lipinski definition) is 0. The Bertz CT molecular complexity index is 886. The molecule has 4 rings (SSSR count). The molecule has 1 aliphatic carbocycles. The predicted octanol–water partition coefficient (Wildman–Crippen LogP) is 2.68. The number of hydrogen-bond acceptors (Lipinski definition) is 4. The van der Waals surface area contributed by atoms with Crippen LogP contribution in [0.15, 0.2) is 55.4 Å². The Morgan fingerprint density at radius 1 is 1.20 bits per heavy atom. The summed E-state index contributed by atoms with van der Waals surface area (Å²) in [4.78, 5) is 23.1. The van der Waals surface area contributed by atoms with Gasteiger partial charge in [-0.25, -0.2) is 9.97 Å². The largest absolute Gasteiger partial charge is 0.331 e. The van der Waals surface area contributed by atoms with Crippen LogP contribution in [0.3, 0.4) is 0 Å². The first kappa shape index (κ1) is 15.5. The van der Waals surface area contributed by atoms with Crippen LogP contribution < -0.4 is 0 Å². The van der Waals surface area contributed by atoms with Crippen LogP contribution in [0.2, 0.25) is 0 Å². The Morgan fingerprint density at radius 3 is 2.68 bits per heavy atom. The molecule has 0 aliphatic heterocycles. The van der Waals surface area contributed by atoms with E-state index in [4.69, 9.17) is 0 Å². The average molecular weight is 333 g/mol. The van der Waals surface area contributed by atoms with Gasteiger partial charge in [0.2, 0.25) is 0 Å². The van der Waals surface area contributed by atoms with E-state index in [9.17, 15) is 4.79 Å². The molecule has 0 spiro atoms. The molecule has 2 heterocycles. The summed E-state index contributed by atoms with van der Waals surface area (Å²) >= 11 is 0. The van der Waals surface area contributed by atoms with Crippen LogP contribution in [0.4, 0.5) is 0 Å². The van der Waals surface area contributed by atoms with E-state index in [1.807, 2.05) is 48.6 Å². The first-order chi connectivity index (χ1) is 12.2. The van der Waals surface area contributed by atoms with E-state index in [0.717, 1.165) is 29.5 Å². The highest BCUT2D eigenvalue weighted by Gasteiger charge is 2.33. The van der Waals surface area contributed by atoms with Gasteiger partial charge in [0, 0.05) is 54.9 Å². The highest BCUT2D eigenvalue weighted by Crippen LogP contribution is 2.30. The van der Waals surface area contributed by atoms with E-state index in [1.54, 1.807) is 17.1 Å². The molecule has 1 saturated carbocycles. The number of aryl methyl sites for hydroxylation is 1. The molecule has 3 aromatic rings. The van der Waals surface area contributed by atoms with E-state index in [-0.39, 0.29) is 5.91 Å². The fourth-order valence-corrected chi connectivity index (χ4v) is 2.95. The average Bonchev–Trinajstić information content (AvgIpc) is 3.42. The zero-order valence-electron chi connectivity index (χ0n) is 14.0. The highest BCUT2D eigenvalue weighted by molar-refractivity contribution is 5.95. The van der Waals surface area contributed by atoms with Gasteiger partial charge in [0.1, 0.15) is 6.33 Å². The molecule has 1 aliphatic rings. The number of benzene rings is 1. The number of amides is 1. The number of nitrogens with zero attached hydrogens (tertiary/aromatic N) is 5. The Kier molecular flexibility index (Phi) is 4.01. The summed E-state index contributed by atoms with van der Waals surface area (Å²) in [5.74, 6) is 0.0602. The van der Waals surface area contributed by atoms with Gasteiger partial charge in [0.15, 0.2) is 0 Å². The summed E-state index contributed by atoms with van der Waals surface area (Å²) in [7, 11) is 1.89. The van der Waals surface area contributed by atoms with E-state index in [1.165, 1.54) is 6.33 Å². The molecule has 0 atom stereocenters. The molecular formula is C19H19N5O. The van der Waals surface area contributed by atoms with Crippen molar-refractivity contribution in [1.82, 2.24) is 24.6 Å². The van der Waals surface area contributed by atoms with E-state index < -0.39 is 0 Å².